The van der Waals surface area contributed by atoms with Gasteiger partial charge in [0.25, 0.3) is 0 Å². The first-order chi connectivity index (χ1) is 11.3. The van der Waals surface area contributed by atoms with Crippen molar-refractivity contribution in [1.82, 2.24) is 15.5 Å². The molecule has 2 heterocycles. The number of likely N-dealkylation sites (tertiary alicyclic amines) is 1. The first kappa shape index (κ1) is 21.7. The minimum Gasteiger partial charge on any atom is -0.383 e. The van der Waals surface area contributed by atoms with Gasteiger partial charge in [-0.15, -0.1) is 24.0 Å². The molecule has 7 heteroatoms. The number of guanidine groups is 1. The van der Waals surface area contributed by atoms with Gasteiger partial charge < -0.3 is 20.3 Å². The number of hydrogen-bond acceptors (Lipinski definition) is 4. The van der Waals surface area contributed by atoms with Crippen molar-refractivity contribution in [3.05, 3.63) is 22.4 Å². The Bertz CT molecular complexity index is 447. The third kappa shape index (κ3) is 8.13. The number of piperidine rings is 1. The van der Waals surface area contributed by atoms with Crippen LogP contribution in [0.5, 0.6) is 0 Å². The van der Waals surface area contributed by atoms with Crippen LogP contribution in [0.1, 0.15) is 25.3 Å². The summed E-state index contributed by atoms with van der Waals surface area (Å²) < 4.78 is 5.16. The second kappa shape index (κ2) is 12.9. The summed E-state index contributed by atoms with van der Waals surface area (Å²) in [7, 11) is 1.77. The molecule has 1 fully saturated rings. The lowest BCUT2D eigenvalue weighted by atomic mass is 9.97. The molecule has 1 saturated heterocycles. The molecule has 0 amide bonds. The van der Waals surface area contributed by atoms with Gasteiger partial charge in [-0.2, -0.15) is 11.3 Å². The predicted octanol–water partition coefficient (Wildman–Crippen LogP) is 2.78. The Hall–Kier alpha value is -0.380. The maximum absolute atomic E-state index is 5.16. The molecule has 0 atom stereocenters. The summed E-state index contributed by atoms with van der Waals surface area (Å²) in [6, 6.07) is 2.13. The highest BCUT2D eigenvalue weighted by Crippen LogP contribution is 2.16. The summed E-state index contributed by atoms with van der Waals surface area (Å²) in [5.74, 6) is 1.67. The zero-order chi connectivity index (χ0) is 16.3. The van der Waals surface area contributed by atoms with Gasteiger partial charge >= 0.3 is 0 Å². The Kier molecular flexibility index (Phi) is 11.7. The van der Waals surface area contributed by atoms with E-state index in [0.717, 1.165) is 44.7 Å². The molecule has 138 valence electrons. The van der Waals surface area contributed by atoms with E-state index >= 15 is 0 Å². The van der Waals surface area contributed by atoms with Gasteiger partial charge in [0.05, 0.1) is 13.2 Å². The number of aliphatic imine (C=N–C) groups is 1. The van der Waals surface area contributed by atoms with Gasteiger partial charge in [0, 0.05) is 26.7 Å². The third-order valence-corrected chi connectivity index (χ3v) is 4.95. The van der Waals surface area contributed by atoms with Crippen LogP contribution >= 0.6 is 35.3 Å². The molecule has 1 aromatic rings. The second-order valence-electron chi connectivity index (χ2n) is 5.99. The second-order valence-corrected chi connectivity index (χ2v) is 6.77. The lowest BCUT2D eigenvalue weighted by Crippen LogP contribution is -2.43. The van der Waals surface area contributed by atoms with E-state index in [4.69, 9.17) is 4.74 Å². The molecule has 1 aliphatic rings. The molecule has 24 heavy (non-hydrogen) atoms. The van der Waals surface area contributed by atoms with E-state index in [1.807, 2.05) is 0 Å². The smallest absolute Gasteiger partial charge is 0.191 e. The van der Waals surface area contributed by atoms with Crippen molar-refractivity contribution in [2.45, 2.75) is 26.3 Å². The van der Waals surface area contributed by atoms with Crippen LogP contribution in [0.2, 0.25) is 0 Å². The van der Waals surface area contributed by atoms with E-state index in [0.29, 0.717) is 0 Å². The number of nitrogens with zero attached hydrogens (tertiary/aromatic N) is 2. The Balaban J connectivity index is 0.00000288. The SMILES string of the molecule is CCNC(=NCc1ccsc1)NCC1CCN(CCOC)CC1.I. The molecule has 0 bridgehead atoms. The Morgan fingerprint density at radius 1 is 1.38 bits per heavy atom. The Morgan fingerprint density at radius 3 is 2.79 bits per heavy atom. The van der Waals surface area contributed by atoms with Crippen molar-refractivity contribution in [2.24, 2.45) is 10.9 Å². The number of hydrogen-bond donors (Lipinski definition) is 2. The van der Waals surface area contributed by atoms with E-state index in [2.05, 4.69) is 44.3 Å². The van der Waals surface area contributed by atoms with Crippen LogP contribution in [0.15, 0.2) is 21.8 Å². The van der Waals surface area contributed by atoms with Gasteiger partial charge in [-0.25, -0.2) is 4.99 Å². The Labute approximate surface area is 167 Å². The van der Waals surface area contributed by atoms with Crippen molar-refractivity contribution in [1.29, 1.82) is 0 Å². The summed E-state index contributed by atoms with van der Waals surface area (Å²) in [6.07, 6.45) is 2.50. The maximum Gasteiger partial charge on any atom is 0.191 e. The summed E-state index contributed by atoms with van der Waals surface area (Å²) >= 11 is 1.72. The molecule has 0 saturated carbocycles. The monoisotopic (exact) mass is 466 g/mol. The summed E-state index contributed by atoms with van der Waals surface area (Å²) in [6.45, 7) is 9.00. The zero-order valence-corrected chi connectivity index (χ0v) is 17.9. The minimum atomic E-state index is 0. The topological polar surface area (TPSA) is 48.9 Å². The van der Waals surface area contributed by atoms with Crippen molar-refractivity contribution in [2.75, 3.05) is 46.4 Å². The Morgan fingerprint density at radius 2 is 2.17 bits per heavy atom. The number of halogens is 1. The van der Waals surface area contributed by atoms with Crippen molar-refractivity contribution in [3.8, 4) is 0 Å². The molecule has 0 spiro atoms. The van der Waals surface area contributed by atoms with Crippen molar-refractivity contribution >= 4 is 41.3 Å². The quantitative estimate of drug-likeness (QED) is 0.352. The molecule has 0 radical (unpaired) electrons. The molecule has 1 aromatic heterocycles. The molecule has 0 aliphatic carbocycles. The fourth-order valence-corrected chi connectivity index (χ4v) is 3.43. The molecule has 2 rings (SSSR count). The van der Waals surface area contributed by atoms with Crippen molar-refractivity contribution in [3.63, 3.8) is 0 Å². The number of thiophene rings is 1. The molecule has 0 unspecified atom stereocenters. The fourth-order valence-electron chi connectivity index (χ4n) is 2.77. The largest absolute Gasteiger partial charge is 0.383 e. The van der Waals surface area contributed by atoms with Gasteiger partial charge in [-0.3, -0.25) is 0 Å². The zero-order valence-electron chi connectivity index (χ0n) is 14.8. The van der Waals surface area contributed by atoms with Crippen LogP contribution in [-0.4, -0.2) is 57.3 Å². The first-order valence-electron chi connectivity index (χ1n) is 8.56. The third-order valence-electron chi connectivity index (χ3n) is 4.22. The molecular weight excluding hydrogens is 435 g/mol. The van der Waals surface area contributed by atoms with Crippen LogP contribution < -0.4 is 10.6 Å². The fraction of sp³-hybridized carbons (Fsp3) is 0.706. The number of nitrogens with one attached hydrogen (secondary N) is 2. The highest BCUT2D eigenvalue weighted by atomic mass is 127. The van der Waals surface area contributed by atoms with Crippen LogP contribution in [0.3, 0.4) is 0 Å². The molecule has 1 aliphatic heterocycles. The number of methoxy groups -OCH3 is 1. The summed E-state index contributed by atoms with van der Waals surface area (Å²) in [5.41, 5.74) is 1.28. The van der Waals surface area contributed by atoms with Crippen LogP contribution in [0.4, 0.5) is 0 Å². The standard InChI is InChI=1S/C17H30N4OS.HI/c1-3-18-17(20-13-16-6-11-23-14-16)19-12-15-4-7-21(8-5-15)9-10-22-2;/h6,11,14-15H,3-5,7-10,12-13H2,1-2H3,(H2,18,19,20);1H. The van der Waals surface area contributed by atoms with E-state index in [-0.39, 0.29) is 24.0 Å². The van der Waals surface area contributed by atoms with E-state index in [1.54, 1.807) is 18.4 Å². The highest BCUT2D eigenvalue weighted by Gasteiger charge is 2.18. The average molecular weight is 466 g/mol. The minimum absolute atomic E-state index is 0. The van der Waals surface area contributed by atoms with Crippen LogP contribution in [0.25, 0.3) is 0 Å². The van der Waals surface area contributed by atoms with Gasteiger partial charge in [0.15, 0.2) is 5.96 Å². The van der Waals surface area contributed by atoms with Gasteiger partial charge in [0.1, 0.15) is 0 Å². The average Bonchev–Trinajstić information content (AvgIpc) is 3.10. The molecule has 0 aromatic carbocycles. The van der Waals surface area contributed by atoms with Gasteiger partial charge in [0.2, 0.25) is 0 Å². The number of ether oxygens (including phenoxy) is 1. The van der Waals surface area contributed by atoms with Gasteiger partial charge in [-0.05, 0) is 61.2 Å². The maximum atomic E-state index is 5.16. The van der Waals surface area contributed by atoms with Crippen LogP contribution in [-0.2, 0) is 11.3 Å². The molecule has 2 N–H and O–H groups in total. The predicted molar refractivity (Wildman–Crippen MR) is 114 cm³/mol. The van der Waals surface area contributed by atoms with E-state index in [1.165, 1.54) is 31.5 Å². The van der Waals surface area contributed by atoms with E-state index < -0.39 is 0 Å². The first-order valence-corrected chi connectivity index (χ1v) is 9.50. The van der Waals surface area contributed by atoms with Crippen molar-refractivity contribution < 1.29 is 4.74 Å². The molecule has 5 nitrogen and oxygen atoms in total. The summed E-state index contributed by atoms with van der Waals surface area (Å²) in [5, 5.41) is 11.1. The molecular formula is C17H31IN4OS. The normalized spacial score (nSPS) is 16.7. The number of rotatable bonds is 8. The van der Waals surface area contributed by atoms with Gasteiger partial charge in [-0.1, -0.05) is 0 Å². The van der Waals surface area contributed by atoms with Crippen LogP contribution in [0, 0.1) is 5.92 Å². The lowest BCUT2D eigenvalue weighted by molar-refractivity contribution is 0.121. The van der Waals surface area contributed by atoms with E-state index in [9.17, 15) is 0 Å². The highest BCUT2D eigenvalue weighted by molar-refractivity contribution is 14.0. The lowest BCUT2D eigenvalue weighted by Gasteiger charge is -2.32. The summed E-state index contributed by atoms with van der Waals surface area (Å²) in [4.78, 5) is 7.17.